The van der Waals surface area contributed by atoms with Gasteiger partial charge in [0, 0.05) is 6.54 Å². The molecule has 0 atom stereocenters. The second kappa shape index (κ2) is 11.6. The zero-order valence-electron chi connectivity index (χ0n) is 17.6. The Balaban J connectivity index is 1.81. The van der Waals surface area contributed by atoms with Gasteiger partial charge in [-0.05, 0) is 42.2 Å². The van der Waals surface area contributed by atoms with Gasteiger partial charge in [-0.1, -0.05) is 45.0 Å². The average molecular weight is 412 g/mol. The lowest BCUT2D eigenvalue weighted by Crippen LogP contribution is -2.29. The SMILES string of the molecule is CCc1ccc(OCC(=O)OCC(=O)Nc2ccccc2C(=O)NCC(C)C)cc1. The van der Waals surface area contributed by atoms with Gasteiger partial charge in [0.15, 0.2) is 13.2 Å². The first-order chi connectivity index (χ1) is 14.4. The highest BCUT2D eigenvalue weighted by atomic mass is 16.6. The molecule has 2 N–H and O–H groups in total. The number of carbonyl (C=O) groups is 3. The Hall–Kier alpha value is -3.35. The average Bonchev–Trinajstić information content (AvgIpc) is 2.75. The maximum absolute atomic E-state index is 12.3. The summed E-state index contributed by atoms with van der Waals surface area (Å²) in [6, 6.07) is 14.1. The molecule has 30 heavy (non-hydrogen) atoms. The Morgan fingerprint density at radius 3 is 2.33 bits per heavy atom. The maximum Gasteiger partial charge on any atom is 0.344 e. The van der Waals surface area contributed by atoms with Gasteiger partial charge in [0.05, 0.1) is 11.3 Å². The maximum atomic E-state index is 12.3. The van der Waals surface area contributed by atoms with E-state index in [2.05, 4.69) is 17.6 Å². The number of hydrogen-bond acceptors (Lipinski definition) is 5. The lowest BCUT2D eigenvalue weighted by Gasteiger charge is -2.13. The van der Waals surface area contributed by atoms with Crippen LogP contribution in [0, 0.1) is 5.92 Å². The summed E-state index contributed by atoms with van der Waals surface area (Å²) < 4.78 is 10.3. The van der Waals surface area contributed by atoms with Crippen molar-refractivity contribution in [2.24, 2.45) is 5.92 Å². The van der Waals surface area contributed by atoms with E-state index in [-0.39, 0.29) is 12.5 Å². The zero-order valence-corrected chi connectivity index (χ0v) is 17.6. The summed E-state index contributed by atoms with van der Waals surface area (Å²) in [5.74, 6) is -0.622. The van der Waals surface area contributed by atoms with Crippen molar-refractivity contribution in [3.63, 3.8) is 0 Å². The highest BCUT2D eigenvalue weighted by molar-refractivity contribution is 6.04. The minimum absolute atomic E-state index is 0.279. The summed E-state index contributed by atoms with van der Waals surface area (Å²) in [6.45, 7) is 5.79. The largest absolute Gasteiger partial charge is 0.482 e. The molecule has 0 aliphatic heterocycles. The molecule has 0 aliphatic carbocycles. The lowest BCUT2D eigenvalue weighted by atomic mass is 10.1. The van der Waals surface area contributed by atoms with E-state index in [0.717, 1.165) is 6.42 Å². The molecule has 0 bridgehead atoms. The number of para-hydroxylation sites is 1. The molecule has 2 aromatic carbocycles. The molecule has 0 saturated carbocycles. The van der Waals surface area contributed by atoms with Crippen LogP contribution in [0.5, 0.6) is 5.75 Å². The van der Waals surface area contributed by atoms with Crippen molar-refractivity contribution in [2.75, 3.05) is 25.1 Å². The number of rotatable bonds is 10. The molecule has 0 fully saturated rings. The molecule has 0 aromatic heterocycles. The van der Waals surface area contributed by atoms with E-state index in [0.29, 0.717) is 29.5 Å². The van der Waals surface area contributed by atoms with Gasteiger partial charge in [-0.2, -0.15) is 0 Å². The number of carbonyl (C=O) groups excluding carboxylic acids is 3. The molecule has 2 aromatic rings. The van der Waals surface area contributed by atoms with Crippen molar-refractivity contribution in [3.8, 4) is 5.75 Å². The van der Waals surface area contributed by atoms with E-state index in [1.807, 2.05) is 26.0 Å². The highest BCUT2D eigenvalue weighted by Gasteiger charge is 2.14. The number of anilines is 1. The fraction of sp³-hybridized carbons (Fsp3) is 0.348. The summed E-state index contributed by atoms with van der Waals surface area (Å²) in [7, 11) is 0. The van der Waals surface area contributed by atoms with Crippen LogP contribution in [0.3, 0.4) is 0 Å². The van der Waals surface area contributed by atoms with Gasteiger partial charge in [-0.25, -0.2) is 4.79 Å². The molecule has 0 aliphatic rings. The minimum atomic E-state index is -0.660. The van der Waals surface area contributed by atoms with Crippen LogP contribution in [0.25, 0.3) is 0 Å². The smallest absolute Gasteiger partial charge is 0.344 e. The number of benzene rings is 2. The fourth-order valence-electron chi connectivity index (χ4n) is 2.52. The zero-order chi connectivity index (χ0) is 21.9. The summed E-state index contributed by atoms with van der Waals surface area (Å²) >= 11 is 0. The molecule has 0 spiro atoms. The molecule has 0 heterocycles. The van der Waals surface area contributed by atoms with Gasteiger partial charge in [-0.15, -0.1) is 0 Å². The Kier molecular flexibility index (Phi) is 8.87. The second-order valence-electron chi connectivity index (χ2n) is 7.14. The van der Waals surface area contributed by atoms with Crippen LogP contribution in [0.4, 0.5) is 5.69 Å². The molecule has 0 saturated heterocycles. The molecular formula is C23H28N2O5. The van der Waals surface area contributed by atoms with E-state index in [1.54, 1.807) is 36.4 Å². The van der Waals surface area contributed by atoms with Crippen LogP contribution in [0.2, 0.25) is 0 Å². The van der Waals surface area contributed by atoms with Gasteiger partial charge >= 0.3 is 5.97 Å². The summed E-state index contributed by atoms with van der Waals surface area (Å²) in [4.78, 5) is 36.3. The quantitative estimate of drug-likeness (QED) is 0.585. The number of amides is 2. The third-order valence-corrected chi connectivity index (χ3v) is 4.17. The van der Waals surface area contributed by atoms with Gasteiger partial charge in [0.25, 0.3) is 11.8 Å². The van der Waals surface area contributed by atoms with Crippen LogP contribution in [0.1, 0.15) is 36.7 Å². The summed E-state index contributed by atoms with van der Waals surface area (Å²) in [5.41, 5.74) is 1.86. The molecule has 7 heteroatoms. The van der Waals surface area contributed by atoms with E-state index in [4.69, 9.17) is 9.47 Å². The fourth-order valence-corrected chi connectivity index (χ4v) is 2.52. The number of esters is 1. The van der Waals surface area contributed by atoms with Crippen molar-refractivity contribution in [1.29, 1.82) is 0 Å². The first-order valence-electron chi connectivity index (χ1n) is 9.93. The molecule has 2 rings (SSSR count). The molecular weight excluding hydrogens is 384 g/mol. The number of nitrogens with one attached hydrogen (secondary N) is 2. The predicted octanol–water partition coefficient (Wildman–Crippen LogP) is 3.20. The second-order valence-corrected chi connectivity index (χ2v) is 7.14. The Bertz CT molecular complexity index is 862. The predicted molar refractivity (Wildman–Crippen MR) is 115 cm³/mol. The molecule has 2 amide bonds. The lowest BCUT2D eigenvalue weighted by molar-refractivity contribution is -0.149. The van der Waals surface area contributed by atoms with Gasteiger partial charge in [-0.3, -0.25) is 9.59 Å². The summed E-state index contributed by atoms with van der Waals surface area (Å²) in [5, 5.41) is 5.41. The first-order valence-corrected chi connectivity index (χ1v) is 9.93. The molecule has 0 unspecified atom stereocenters. The Labute approximate surface area is 176 Å². The van der Waals surface area contributed by atoms with Crippen LogP contribution in [0.15, 0.2) is 48.5 Å². The number of ether oxygens (including phenoxy) is 2. The van der Waals surface area contributed by atoms with E-state index < -0.39 is 18.5 Å². The Morgan fingerprint density at radius 2 is 1.67 bits per heavy atom. The molecule has 7 nitrogen and oxygen atoms in total. The van der Waals surface area contributed by atoms with E-state index >= 15 is 0 Å². The first kappa shape index (κ1) is 22.9. The monoisotopic (exact) mass is 412 g/mol. The third kappa shape index (κ3) is 7.58. The number of aryl methyl sites for hydroxylation is 1. The molecule has 160 valence electrons. The minimum Gasteiger partial charge on any atom is -0.482 e. The van der Waals surface area contributed by atoms with Crippen LogP contribution >= 0.6 is 0 Å². The summed E-state index contributed by atoms with van der Waals surface area (Å²) in [6.07, 6.45) is 0.917. The van der Waals surface area contributed by atoms with Crippen molar-refractivity contribution in [1.82, 2.24) is 5.32 Å². The van der Waals surface area contributed by atoms with Crippen LogP contribution < -0.4 is 15.4 Å². The van der Waals surface area contributed by atoms with E-state index in [1.165, 1.54) is 5.56 Å². The van der Waals surface area contributed by atoms with Gasteiger partial charge < -0.3 is 20.1 Å². The van der Waals surface area contributed by atoms with Crippen molar-refractivity contribution < 1.29 is 23.9 Å². The van der Waals surface area contributed by atoms with Crippen molar-refractivity contribution in [3.05, 3.63) is 59.7 Å². The standard InChI is InChI=1S/C23H28N2O5/c1-4-17-9-11-18(12-10-17)29-15-22(27)30-14-21(26)25-20-8-6-5-7-19(20)23(28)24-13-16(2)3/h5-12,16H,4,13-15H2,1-3H3,(H,24,28)(H,25,26). The molecule has 0 radical (unpaired) electrons. The van der Waals surface area contributed by atoms with Crippen molar-refractivity contribution in [2.45, 2.75) is 27.2 Å². The third-order valence-electron chi connectivity index (χ3n) is 4.17. The van der Waals surface area contributed by atoms with E-state index in [9.17, 15) is 14.4 Å². The van der Waals surface area contributed by atoms with Crippen LogP contribution in [-0.2, 0) is 20.7 Å². The Morgan fingerprint density at radius 1 is 0.967 bits per heavy atom. The van der Waals surface area contributed by atoms with Gasteiger partial charge in [0.1, 0.15) is 5.75 Å². The highest BCUT2D eigenvalue weighted by Crippen LogP contribution is 2.15. The van der Waals surface area contributed by atoms with Crippen molar-refractivity contribution >= 4 is 23.5 Å². The van der Waals surface area contributed by atoms with Gasteiger partial charge in [0.2, 0.25) is 0 Å². The topological polar surface area (TPSA) is 93.7 Å². The number of hydrogen-bond donors (Lipinski definition) is 2. The van der Waals surface area contributed by atoms with Crippen LogP contribution in [-0.4, -0.2) is 37.5 Å². The normalized spacial score (nSPS) is 10.4.